The number of carbonyl (C=O) groups excluding carboxylic acids is 2. The fourth-order valence-electron chi connectivity index (χ4n) is 1.95. The van der Waals surface area contributed by atoms with Gasteiger partial charge in [0.15, 0.2) is 0 Å². The first-order valence-electron chi connectivity index (χ1n) is 5.62. The average Bonchev–Trinajstić information content (AvgIpc) is 2.35. The summed E-state index contributed by atoms with van der Waals surface area (Å²) in [7, 11) is 1.51. The van der Waals surface area contributed by atoms with Crippen LogP contribution in [-0.2, 0) is 11.2 Å². The Bertz CT molecular complexity index is 484. The Hall–Kier alpha value is -1.35. The van der Waals surface area contributed by atoms with Crippen LogP contribution in [0, 0.1) is 0 Å². The monoisotopic (exact) mass is 251 g/mol. The summed E-state index contributed by atoms with van der Waals surface area (Å²) in [6.45, 7) is 1.99. The predicted molar refractivity (Wildman–Crippen MR) is 66.1 cm³/mol. The Balaban J connectivity index is 2.45. The van der Waals surface area contributed by atoms with E-state index in [2.05, 4.69) is 0 Å². The fourth-order valence-corrected chi connectivity index (χ4v) is 2.09. The van der Waals surface area contributed by atoms with Gasteiger partial charge in [-0.1, -0.05) is 19.1 Å². The molecule has 2 rings (SSSR count). The van der Waals surface area contributed by atoms with Gasteiger partial charge in [-0.3, -0.25) is 14.5 Å². The number of amides is 2. The number of hydrogen-bond acceptors (Lipinski definition) is 2. The first-order valence-corrected chi connectivity index (χ1v) is 6.06. The van der Waals surface area contributed by atoms with Crippen LogP contribution in [0.2, 0.25) is 0 Å². The summed E-state index contributed by atoms with van der Waals surface area (Å²) < 4.78 is 0. The Labute approximate surface area is 105 Å². The van der Waals surface area contributed by atoms with E-state index in [9.17, 15) is 9.59 Å². The number of benzene rings is 1. The standard InChI is InChI=1S/C13H14ClNO2/c1-3-11(14)9-5-4-8-7-12(16)15(2)13(17)10(8)6-9/h4-6,11H,3,7H2,1-2H3. The molecule has 0 radical (unpaired) electrons. The minimum atomic E-state index is -0.238. The van der Waals surface area contributed by atoms with Crippen LogP contribution in [0.4, 0.5) is 0 Å². The molecule has 2 amide bonds. The van der Waals surface area contributed by atoms with Crippen LogP contribution >= 0.6 is 11.6 Å². The molecule has 1 unspecified atom stereocenters. The van der Waals surface area contributed by atoms with Gasteiger partial charge in [-0.25, -0.2) is 0 Å². The Morgan fingerprint density at radius 2 is 2.12 bits per heavy atom. The third-order valence-corrected chi connectivity index (χ3v) is 3.67. The van der Waals surface area contributed by atoms with Crippen molar-refractivity contribution >= 4 is 23.4 Å². The number of alkyl halides is 1. The number of likely N-dealkylation sites (N-methyl/N-ethyl adjacent to an activating group) is 1. The van der Waals surface area contributed by atoms with E-state index in [4.69, 9.17) is 11.6 Å². The SMILES string of the molecule is CCC(Cl)c1ccc2c(c1)C(=O)N(C)C(=O)C2. The van der Waals surface area contributed by atoms with Crippen molar-refractivity contribution in [2.24, 2.45) is 0 Å². The van der Waals surface area contributed by atoms with Crippen LogP contribution in [0.15, 0.2) is 18.2 Å². The molecular weight excluding hydrogens is 238 g/mol. The molecule has 0 fully saturated rings. The van der Waals surface area contributed by atoms with E-state index in [-0.39, 0.29) is 23.6 Å². The van der Waals surface area contributed by atoms with E-state index in [1.807, 2.05) is 25.1 Å². The van der Waals surface area contributed by atoms with Gasteiger partial charge in [0, 0.05) is 12.6 Å². The highest BCUT2D eigenvalue weighted by Crippen LogP contribution is 2.28. The molecule has 0 spiro atoms. The normalized spacial score (nSPS) is 17.0. The molecule has 0 saturated heterocycles. The second-order valence-corrected chi connectivity index (χ2v) is 4.75. The maximum atomic E-state index is 12.0. The first kappa shape index (κ1) is 12.1. The molecule has 0 aromatic heterocycles. The van der Waals surface area contributed by atoms with Crippen molar-refractivity contribution < 1.29 is 9.59 Å². The van der Waals surface area contributed by atoms with Crippen LogP contribution in [0.25, 0.3) is 0 Å². The van der Waals surface area contributed by atoms with Crippen LogP contribution in [0.3, 0.4) is 0 Å². The zero-order valence-electron chi connectivity index (χ0n) is 9.87. The number of carbonyl (C=O) groups is 2. The van der Waals surface area contributed by atoms with Gasteiger partial charge in [-0.2, -0.15) is 0 Å². The van der Waals surface area contributed by atoms with Crippen molar-refractivity contribution in [3.8, 4) is 0 Å². The van der Waals surface area contributed by atoms with Gasteiger partial charge in [0.25, 0.3) is 5.91 Å². The second kappa shape index (κ2) is 4.49. The molecule has 1 aromatic rings. The maximum Gasteiger partial charge on any atom is 0.260 e. The lowest BCUT2D eigenvalue weighted by atomic mass is 9.95. The highest BCUT2D eigenvalue weighted by Gasteiger charge is 2.28. The van der Waals surface area contributed by atoms with E-state index < -0.39 is 0 Å². The minimum absolute atomic E-state index is 0.0870. The van der Waals surface area contributed by atoms with Crippen molar-refractivity contribution in [2.75, 3.05) is 7.05 Å². The third kappa shape index (κ3) is 2.07. The second-order valence-electron chi connectivity index (χ2n) is 4.23. The van der Waals surface area contributed by atoms with Gasteiger partial charge in [-0.05, 0) is 23.6 Å². The highest BCUT2D eigenvalue weighted by atomic mass is 35.5. The summed E-state index contributed by atoms with van der Waals surface area (Å²) in [4.78, 5) is 24.6. The van der Waals surface area contributed by atoms with Crippen molar-refractivity contribution in [3.63, 3.8) is 0 Å². The van der Waals surface area contributed by atoms with E-state index >= 15 is 0 Å². The molecule has 1 aliphatic heterocycles. The topological polar surface area (TPSA) is 37.4 Å². The molecule has 3 nitrogen and oxygen atoms in total. The lowest BCUT2D eigenvalue weighted by molar-refractivity contribution is -0.127. The van der Waals surface area contributed by atoms with Crippen molar-refractivity contribution in [2.45, 2.75) is 25.1 Å². The van der Waals surface area contributed by atoms with Gasteiger partial charge in [0.05, 0.1) is 11.8 Å². The van der Waals surface area contributed by atoms with E-state index in [1.54, 1.807) is 0 Å². The molecule has 0 aliphatic carbocycles. The lowest BCUT2D eigenvalue weighted by Gasteiger charge is -2.24. The predicted octanol–water partition coefficient (Wildman–Crippen LogP) is 2.53. The van der Waals surface area contributed by atoms with E-state index in [0.29, 0.717) is 5.56 Å². The first-order chi connectivity index (χ1) is 8.04. The van der Waals surface area contributed by atoms with Crippen LogP contribution in [0.5, 0.6) is 0 Å². The molecule has 0 bridgehead atoms. The Morgan fingerprint density at radius 3 is 2.76 bits per heavy atom. The quantitative estimate of drug-likeness (QED) is 0.598. The van der Waals surface area contributed by atoms with Crippen molar-refractivity contribution in [3.05, 3.63) is 34.9 Å². The third-order valence-electron chi connectivity index (χ3n) is 3.10. The molecule has 0 saturated carbocycles. The van der Waals surface area contributed by atoms with Crippen molar-refractivity contribution in [1.29, 1.82) is 0 Å². The molecule has 1 aliphatic rings. The molecule has 1 aromatic carbocycles. The van der Waals surface area contributed by atoms with Gasteiger partial charge in [0.1, 0.15) is 0 Å². The number of halogens is 1. The van der Waals surface area contributed by atoms with E-state index in [1.165, 1.54) is 11.9 Å². The molecule has 17 heavy (non-hydrogen) atoms. The minimum Gasteiger partial charge on any atom is -0.281 e. The van der Waals surface area contributed by atoms with E-state index in [0.717, 1.165) is 17.5 Å². The average molecular weight is 252 g/mol. The largest absolute Gasteiger partial charge is 0.281 e. The summed E-state index contributed by atoms with van der Waals surface area (Å²) in [6, 6.07) is 5.53. The summed E-state index contributed by atoms with van der Waals surface area (Å²) >= 11 is 6.15. The van der Waals surface area contributed by atoms with Gasteiger partial charge in [-0.15, -0.1) is 11.6 Å². The van der Waals surface area contributed by atoms with Gasteiger partial charge in [0.2, 0.25) is 5.91 Å². The summed E-state index contributed by atoms with van der Waals surface area (Å²) in [6.07, 6.45) is 1.10. The van der Waals surface area contributed by atoms with Crippen LogP contribution in [-0.4, -0.2) is 23.8 Å². The highest BCUT2D eigenvalue weighted by molar-refractivity contribution is 6.21. The molecule has 90 valence electrons. The fraction of sp³-hybridized carbons (Fsp3) is 0.385. The lowest BCUT2D eigenvalue weighted by Crippen LogP contribution is -2.39. The summed E-state index contributed by atoms with van der Waals surface area (Å²) in [5.74, 6) is -0.397. The smallest absolute Gasteiger partial charge is 0.260 e. The molecular formula is C13H14ClNO2. The van der Waals surface area contributed by atoms with Crippen LogP contribution < -0.4 is 0 Å². The van der Waals surface area contributed by atoms with Crippen molar-refractivity contribution in [1.82, 2.24) is 4.90 Å². The van der Waals surface area contributed by atoms with Crippen LogP contribution in [0.1, 0.15) is 40.2 Å². The molecule has 4 heteroatoms. The molecule has 0 N–H and O–H groups in total. The Morgan fingerprint density at radius 1 is 1.41 bits per heavy atom. The molecule has 1 atom stereocenters. The van der Waals surface area contributed by atoms with Gasteiger partial charge >= 0.3 is 0 Å². The number of rotatable bonds is 2. The number of fused-ring (bicyclic) bond motifs is 1. The Kier molecular flexibility index (Phi) is 3.20. The zero-order valence-corrected chi connectivity index (χ0v) is 10.6. The maximum absolute atomic E-state index is 12.0. The zero-order chi connectivity index (χ0) is 12.6. The number of hydrogen-bond donors (Lipinski definition) is 0. The summed E-state index contributed by atoms with van der Waals surface area (Å²) in [5.41, 5.74) is 2.33. The number of imide groups is 1. The number of nitrogens with zero attached hydrogens (tertiary/aromatic N) is 1. The molecule has 1 heterocycles. The summed E-state index contributed by atoms with van der Waals surface area (Å²) in [5, 5.41) is -0.0870. The van der Waals surface area contributed by atoms with Gasteiger partial charge < -0.3 is 0 Å².